The van der Waals surface area contributed by atoms with E-state index in [2.05, 4.69) is 68.1 Å². The van der Waals surface area contributed by atoms with Gasteiger partial charge in [-0.1, -0.05) is 20.8 Å². The summed E-state index contributed by atoms with van der Waals surface area (Å²) in [4.78, 5) is 0. The Kier molecular flexibility index (Phi) is 13.7. The molecule has 0 heteroatoms. The van der Waals surface area contributed by atoms with Gasteiger partial charge < -0.3 is 0 Å². The van der Waals surface area contributed by atoms with Crippen molar-refractivity contribution in [1.29, 1.82) is 0 Å². The molecule has 0 saturated heterocycles. The lowest BCUT2D eigenvalue weighted by Crippen LogP contribution is -2.29. The van der Waals surface area contributed by atoms with Crippen molar-refractivity contribution in [2.45, 2.75) is 92.4 Å². The Labute approximate surface area is 151 Å². The van der Waals surface area contributed by atoms with Gasteiger partial charge in [-0.25, -0.2) is 0 Å². The fraction of sp³-hybridized carbons (Fsp3) is 0.667. The number of hydrogen-bond donors (Lipinski definition) is 0. The average Bonchev–Trinajstić information content (AvgIpc) is 2.59. The Morgan fingerprint density at radius 3 is 2.04 bits per heavy atom. The topological polar surface area (TPSA) is 0 Å². The summed E-state index contributed by atoms with van der Waals surface area (Å²) in [7, 11) is 0. The first-order valence-electron chi connectivity index (χ1n) is 9.37. The molecule has 0 fully saturated rings. The van der Waals surface area contributed by atoms with Crippen LogP contribution in [0.1, 0.15) is 92.4 Å². The molecule has 0 aromatic carbocycles. The summed E-state index contributed by atoms with van der Waals surface area (Å²) in [6.07, 6.45) is 9.13. The number of hydrogen-bond acceptors (Lipinski definition) is 0. The van der Waals surface area contributed by atoms with Gasteiger partial charge in [-0.3, -0.25) is 0 Å². The second kappa shape index (κ2) is 14.8. The van der Waals surface area contributed by atoms with Gasteiger partial charge in [0.05, 0.1) is 0 Å². The third-order valence-corrected chi connectivity index (χ3v) is 4.58. The number of rotatable bonds is 8. The molecule has 0 heterocycles. The Balaban J connectivity index is 5.30. The van der Waals surface area contributed by atoms with Gasteiger partial charge in [0, 0.05) is 38.5 Å². The summed E-state index contributed by atoms with van der Waals surface area (Å²) in [6, 6.07) is 0. The molecule has 0 rings (SSSR count). The highest BCUT2D eigenvalue weighted by Crippen LogP contribution is 2.43. The minimum Gasteiger partial charge on any atom is -0.107 e. The van der Waals surface area contributed by atoms with E-state index in [1.165, 1.54) is 6.42 Å². The molecule has 0 aromatic heterocycles. The van der Waals surface area contributed by atoms with Crippen molar-refractivity contribution in [1.82, 2.24) is 0 Å². The summed E-state index contributed by atoms with van der Waals surface area (Å²) in [5.41, 5.74) is 0.212. The van der Waals surface area contributed by atoms with Crippen LogP contribution < -0.4 is 0 Å². The van der Waals surface area contributed by atoms with Gasteiger partial charge in [-0.2, -0.15) is 0 Å². The third kappa shape index (κ3) is 9.39. The molecule has 0 aliphatic carbocycles. The summed E-state index contributed by atoms with van der Waals surface area (Å²) in [6.45, 7) is 10.4. The Morgan fingerprint density at radius 2 is 1.42 bits per heavy atom. The van der Waals surface area contributed by atoms with E-state index >= 15 is 0 Å². The molecule has 0 spiro atoms. The standard InChI is InChI=1S/C24H34/c1-6-10-14-17-21-24(20-16-12-8-3,22-18-15-11-7-2)23(5)19-13-9-4/h23H,6,8,15,17-22H2,1-5H3. The SMILES string of the molecule is CC#CCCCC(CC#CCC)(CCC#CCC)C(C)CC#CC. The molecule has 0 aliphatic rings. The molecule has 130 valence electrons. The van der Waals surface area contributed by atoms with Crippen LogP contribution in [0.4, 0.5) is 0 Å². The van der Waals surface area contributed by atoms with Crippen LogP contribution in [0.3, 0.4) is 0 Å². The van der Waals surface area contributed by atoms with Gasteiger partial charge in [-0.05, 0) is 44.4 Å². The van der Waals surface area contributed by atoms with Gasteiger partial charge in [0.1, 0.15) is 0 Å². The molecule has 24 heavy (non-hydrogen) atoms. The van der Waals surface area contributed by atoms with Crippen LogP contribution in [0.15, 0.2) is 0 Å². The van der Waals surface area contributed by atoms with Crippen molar-refractivity contribution in [2.75, 3.05) is 0 Å². The van der Waals surface area contributed by atoms with Crippen LogP contribution in [0.2, 0.25) is 0 Å². The molecule has 0 amide bonds. The Bertz CT molecular complexity index is 564. The lowest BCUT2D eigenvalue weighted by atomic mass is 9.66. The van der Waals surface area contributed by atoms with Crippen LogP contribution in [0, 0.1) is 58.7 Å². The largest absolute Gasteiger partial charge is 0.107 e. The van der Waals surface area contributed by atoms with Crippen molar-refractivity contribution in [2.24, 2.45) is 11.3 Å². The smallest absolute Gasteiger partial charge is 0.0149 e. The molecule has 0 aromatic rings. The van der Waals surface area contributed by atoms with Crippen LogP contribution in [-0.2, 0) is 0 Å². The highest BCUT2D eigenvalue weighted by atomic mass is 14.4. The monoisotopic (exact) mass is 322 g/mol. The van der Waals surface area contributed by atoms with Gasteiger partial charge in [0.15, 0.2) is 0 Å². The Hall–Kier alpha value is -1.76. The summed E-state index contributed by atoms with van der Waals surface area (Å²) in [5, 5.41) is 0. The van der Waals surface area contributed by atoms with E-state index in [1.54, 1.807) is 0 Å². The van der Waals surface area contributed by atoms with Crippen LogP contribution in [0.5, 0.6) is 0 Å². The molecule has 0 radical (unpaired) electrons. The first kappa shape index (κ1) is 22.2. The van der Waals surface area contributed by atoms with Gasteiger partial charge in [-0.15, -0.1) is 47.4 Å². The quantitative estimate of drug-likeness (QED) is 0.368. The van der Waals surface area contributed by atoms with E-state index in [-0.39, 0.29) is 5.41 Å². The molecule has 0 nitrogen and oxygen atoms in total. The summed E-state index contributed by atoms with van der Waals surface area (Å²) < 4.78 is 0. The van der Waals surface area contributed by atoms with E-state index in [1.807, 2.05) is 13.8 Å². The van der Waals surface area contributed by atoms with Gasteiger partial charge >= 0.3 is 0 Å². The third-order valence-electron chi connectivity index (χ3n) is 4.58. The predicted octanol–water partition coefficient (Wildman–Crippen LogP) is 6.21. The summed E-state index contributed by atoms with van der Waals surface area (Å²) >= 11 is 0. The second-order valence-corrected chi connectivity index (χ2v) is 6.27. The minimum absolute atomic E-state index is 0.212. The molecule has 0 aliphatic heterocycles. The lowest BCUT2D eigenvalue weighted by Gasteiger charge is -2.37. The normalized spacial score (nSPS) is 12.7. The maximum absolute atomic E-state index is 3.43. The van der Waals surface area contributed by atoms with Crippen molar-refractivity contribution in [3.63, 3.8) is 0 Å². The predicted molar refractivity (Wildman–Crippen MR) is 107 cm³/mol. The van der Waals surface area contributed by atoms with Crippen molar-refractivity contribution in [3.05, 3.63) is 0 Å². The zero-order valence-electron chi connectivity index (χ0n) is 16.4. The van der Waals surface area contributed by atoms with Crippen LogP contribution in [0.25, 0.3) is 0 Å². The molecular formula is C24H34. The molecule has 0 saturated carbocycles. The van der Waals surface area contributed by atoms with Gasteiger partial charge in [0.2, 0.25) is 0 Å². The first-order chi connectivity index (χ1) is 11.7. The van der Waals surface area contributed by atoms with E-state index in [0.717, 1.165) is 51.4 Å². The van der Waals surface area contributed by atoms with Crippen LogP contribution >= 0.6 is 0 Å². The summed E-state index contributed by atoms with van der Waals surface area (Å²) in [5.74, 6) is 26.3. The van der Waals surface area contributed by atoms with E-state index in [9.17, 15) is 0 Å². The van der Waals surface area contributed by atoms with Crippen LogP contribution in [-0.4, -0.2) is 0 Å². The fourth-order valence-electron chi connectivity index (χ4n) is 2.98. The van der Waals surface area contributed by atoms with E-state index in [4.69, 9.17) is 0 Å². The molecule has 2 unspecified atom stereocenters. The zero-order chi connectivity index (χ0) is 18.1. The highest BCUT2D eigenvalue weighted by molar-refractivity contribution is 5.08. The second-order valence-electron chi connectivity index (χ2n) is 6.27. The average molecular weight is 323 g/mol. The maximum Gasteiger partial charge on any atom is 0.0149 e. The molecule has 2 atom stereocenters. The first-order valence-corrected chi connectivity index (χ1v) is 9.37. The fourth-order valence-corrected chi connectivity index (χ4v) is 2.98. The van der Waals surface area contributed by atoms with E-state index < -0.39 is 0 Å². The van der Waals surface area contributed by atoms with Crippen molar-refractivity contribution in [3.8, 4) is 47.4 Å². The Morgan fingerprint density at radius 1 is 0.750 bits per heavy atom. The molecule has 0 N–H and O–H groups in total. The van der Waals surface area contributed by atoms with Gasteiger partial charge in [0.25, 0.3) is 0 Å². The molecule has 0 bridgehead atoms. The van der Waals surface area contributed by atoms with Crippen molar-refractivity contribution < 1.29 is 0 Å². The van der Waals surface area contributed by atoms with Crippen molar-refractivity contribution >= 4 is 0 Å². The number of unbranched alkanes of at least 4 members (excludes halogenated alkanes) is 1. The lowest BCUT2D eigenvalue weighted by molar-refractivity contribution is 0.148. The van der Waals surface area contributed by atoms with E-state index in [0.29, 0.717) is 5.92 Å². The maximum atomic E-state index is 3.43. The minimum atomic E-state index is 0.212. The zero-order valence-corrected chi connectivity index (χ0v) is 16.4. The highest BCUT2D eigenvalue weighted by Gasteiger charge is 2.34. The molecular weight excluding hydrogens is 288 g/mol.